The molecule has 5 N–H and O–H groups in total. The maximum absolute atomic E-state index is 13.7. The lowest BCUT2D eigenvalue weighted by molar-refractivity contribution is 0.0695. The number of aromatic nitrogens is 1. The number of benzene rings is 1. The van der Waals surface area contributed by atoms with E-state index >= 15 is 0 Å². The number of phenolic OH excluding ortho intramolecular Hbond substituents is 1. The van der Waals surface area contributed by atoms with Gasteiger partial charge in [0.1, 0.15) is 5.82 Å². The average molecular weight is 333 g/mol. The molecule has 0 saturated carbocycles. The molecule has 3 rings (SSSR count). The minimum atomic E-state index is -1.56. The Bertz CT molecular complexity index is 1010. The van der Waals surface area contributed by atoms with E-state index in [2.05, 4.69) is 0 Å². The number of carboxylic acids is 1. The van der Waals surface area contributed by atoms with Crippen LogP contribution in [0.3, 0.4) is 0 Å². The van der Waals surface area contributed by atoms with Crippen molar-refractivity contribution < 1.29 is 29.0 Å². The molecule has 0 bridgehead atoms. The summed E-state index contributed by atoms with van der Waals surface area (Å²) < 4.78 is 14.2. The molecule has 1 aliphatic heterocycles. The number of carbonyl (C=O) groups excluding carboxylic acids is 2. The highest BCUT2D eigenvalue weighted by Gasteiger charge is 2.32. The lowest BCUT2D eigenvalue weighted by atomic mass is 10.1. The molecule has 0 atom stereocenters. The van der Waals surface area contributed by atoms with E-state index < -0.39 is 52.0 Å². The fourth-order valence-corrected chi connectivity index (χ4v) is 2.44. The van der Waals surface area contributed by atoms with Gasteiger partial charge in [-0.3, -0.25) is 24.3 Å². The molecule has 2 amide bonds. The van der Waals surface area contributed by atoms with Crippen molar-refractivity contribution in [3.05, 3.63) is 51.1 Å². The van der Waals surface area contributed by atoms with Gasteiger partial charge in [0.15, 0.2) is 11.6 Å². The Morgan fingerprint density at radius 2 is 1.83 bits per heavy atom. The highest BCUT2D eigenvalue weighted by molar-refractivity contribution is 6.23. The molecule has 1 aliphatic rings. The molecule has 0 unspecified atom stereocenters. The smallest absolute Gasteiger partial charge is 0.337 e. The molecular formula is C14H8FN3O6. The Balaban J connectivity index is 2.41. The third-order valence-electron chi connectivity index (χ3n) is 3.49. The number of phenols is 1. The summed E-state index contributed by atoms with van der Waals surface area (Å²) in [4.78, 5) is 46.9. The number of amides is 2. The van der Waals surface area contributed by atoms with Crippen LogP contribution in [0.2, 0.25) is 0 Å². The van der Waals surface area contributed by atoms with E-state index in [-0.39, 0.29) is 11.1 Å². The summed E-state index contributed by atoms with van der Waals surface area (Å²) in [6.45, 7) is 0. The number of hydrogen-bond acceptors (Lipinski definition) is 6. The first-order valence-corrected chi connectivity index (χ1v) is 6.39. The third-order valence-corrected chi connectivity index (χ3v) is 3.49. The van der Waals surface area contributed by atoms with Crippen LogP contribution < -0.4 is 16.6 Å². The zero-order valence-corrected chi connectivity index (χ0v) is 11.7. The maximum Gasteiger partial charge on any atom is 0.337 e. The Kier molecular flexibility index (Phi) is 3.11. The summed E-state index contributed by atoms with van der Waals surface area (Å²) in [5, 5.41) is 20.5. The van der Waals surface area contributed by atoms with Crippen LogP contribution in [0.15, 0.2) is 23.0 Å². The number of anilines is 1. The van der Waals surface area contributed by atoms with E-state index in [4.69, 9.17) is 5.73 Å². The van der Waals surface area contributed by atoms with Gasteiger partial charge >= 0.3 is 5.97 Å². The Hall–Kier alpha value is -3.69. The van der Waals surface area contributed by atoms with Crippen molar-refractivity contribution in [2.45, 2.75) is 0 Å². The topological polar surface area (TPSA) is 152 Å². The number of nitrogens with one attached hydrogen (secondary N) is 1. The van der Waals surface area contributed by atoms with Gasteiger partial charge in [-0.05, 0) is 6.07 Å². The van der Waals surface area contributed by atoms with Gasteiger partial charge < -0.3 is 15.9 Å². The molecule has 0 aliphatic carbocycles. The number of carboxylic acid groups (broad SMARTS) is 1. The second-order valence-corrected chi connectivity index (χ2v) is 4.90. The molecular weight excluding hydrogens is 325 g/mol. The highest BCUT2D eigenvalue weighted by Crippen LogP contribution is 2.28. The van der Waals surface area contributed by atoms with Crippen molar-refractivity contribution in [3.63, 3.8) is 0 Å². The van der Waals surface area contributed by atoms with Gasteiger partial charge in [-0.2, -0.15) is 0 Å². The number of aromatic hydroxyl groups is 1. The van der Waals surface area contributed by atoms with Gasteiger partial charge in [-0.15, -0.1) is 0 Å². The summed E-state index contributed by atoms with van der Waals surface area (Å²) in [7, 11) is 0. The van der Waals surface area contributed by atoms with Crippen molar-refractivity contribution in [2.75, 3.05) is 5.73 Å². The molecule has 10 heteroatoms. The Labute approximate surface area is 131 Å². The van der Waals surface area contributed by atoms with Crippen molar-refractivity contribution in [2.24, 2.45) is 0 Å². The molecule has 0 saturated heterocycles. The largest absolute Gasteiger partial charge is 0.505 e. The summed E-state index contributed by atoms with van der Waals surface area (Å²) >= 11 is 0. The van der Waals surface area contributed by atoms with Crippen molar-refractivity contribution in [3.8, 4) is 11.4 Å². The van der Waals surface area contributed by atoms with Crippen molar-refractivity contribution >= 4 is 23.6 Å². The van der Waals surface area contributed by atoms with Gasteiger partial charge in [0.2, 0.25) is 0 Å². The number of rotatable bonds is 2. The standard InChI is InChI=1S/C14H8FN3O6/c15-6-3-7(4(14(23)24)1-8(6)19)18-9(20)2-5-10(11(18)16)13(22)17-12(5)21/h1-3,19H,16H2,(H,23,24)(H,17,21,22). The monoisotopic (exact) mass is 333 g/mol. The van der Waals surface area contributed by atoms with Gasteiger partial charge in [0.25, 0.3) is 17.4 Å². The fraction of sp³-hybridized carbons (Fsp3) is 0. The maximum atomic E-state index is 13.7. The number of nitrogens with zero attached hydrogens (tertiary/aromatic N) is 1. The minimum absolute atomic E-state index is 0.255. The predicted octanol–water partition coefficient (Wildman–Crippen LogP) is -0.154. The molecule has 2 aromatic rings. The Morgan fingerprint density at radius 3 is 2.46 bits per heavy atom. The van der Waals surface area contributed by atoms with Crippen LogP contribution in [0.1, 0.15) is 31.1 Å². The lowest BCUT2D eigenvalue weighted by Gasteiger charge is -2.14. The molecule has 122 valence electrons. The summed E-state index contributed by atoms with van der Waals surface area (Å²) in [6.07, 6.45) is 0. The molecule has 0 radical (unpaired) electrons. The number of nitrogens with two attached hydrogens (primary N) is 1. The van der Waals surface area contributed by atoms with Crippen LogP contribution in [-0.2, 0) is 0 Å². The minimum Gasteiger partial charge on any atom is -0.505 e. The van der Waals surface area contributed by atoms with Crippen LogP contribution in [0.25, 0.3) is 5.69 Å². The zero-order chi connectivity index (χ0) is 17.8. The van der Waals surface area contributed by atoms with Gasteiger partial charge in [-0.25, -0.2) is 9.18 Å². The number of aromatic carboxylic acids is 1. The van der Waals surface area contributed by atoms with E-state index in [0.717, 1.165) is 6.07 Å². The number of halogens is 1. The molecule has 24 heavy (non-hydrogen) atoms. The highest BCUT2D eigenvalue weighted by atomic mass is 19.1. The van der Waals surface area contributed by atoms with Gasteiger partial charge in [0.05, 0.1) is 22.4 Å². The second kappa shape index (κ2) is 4.91. The first-order chi connectivity index (χ1) is 11.2. The summed E-state index contributed by atoms with van der Waals surface area (Å²) in [5.41, 5.74) is 3.13. The quantitative estimate of drug-likeness (QED) is 0.557. The summed E-state index contributed by atoms with van der Waals surface area (Å²) in [5.74, 6) is -5.89. The lowest BCUT2D eigenvalue weighted by Crippen LogP contribution is -2.25. The molecule has 9 nitrogen and oxygen atoms in total. The van der Waals surface area contributed by atoms with E-state index in [9.17, 15) is 33.8 Å². The zero-order valence-electron chi connectivity index (χ0n) is 11.7. The van der Waals surface area contributed by atoms with E-state index in [1.54, 1.807) is 0 Å². The van der Waals surface area contributed by atoms with Crippen LogP contribution in [-0.4, -0.2) is 32.6 Å². The Morgan fingerprint density at radius 1 is 1.17 bits per heavy atom. The third kappa shape index (κ3) is 2.00. The molecule has 0 spiro atoms. The van der Waals surface area contributed by atoms with Crippen molar-refractivity contribution in [1.82, 2.24) is 9.88 Å². The van der Waals surface area contributed by atoms with Crippen LogP contribution in [0.5, 0.6) is 5.75 Å². The number of imide groups is 1. The van der Waals surface area contributed by atoms with E-state index in [0.29, 0.717) is 16.7 Å². The SMILES string of the molecule is Nc1c2c(cc(=O)n1-c1cc(F)c(O)cc1C(=O)O)C(=O)NC2=O. The molecule has 2 heterocycles. The molecule has 1 aromatic heterocycles. The van der Waals surface area contributed by atoms with Crippen LogP contribution >= 0.6 is 0 Å². The first-order valence-electron chi connectivity index (χ1n) is 6.39. The molecule has 0 fully saturated rings. The van der Waals surface area contributed by atoms with Crippen LogP contribution in [0.4, 0.5) is 10.2 Å². The number of pyridine rings is 1. The van der Waals surface area contributed by atoms with Gasteiger partial charge in [-0.1, -0.05) is 0 Å². The van der Waals surface area contributed by atoms with Gasteiger partial charge in [0, 0.05) is 12.1 Å². The van der Waals surface area contributed by atoms with E-state index in [1.807, 2.05) is 5.32 Å². The summed E-state index contributed by atoms with van der Waals surface area (Å²) in [6, 6.07) is 2.00. The number of carbonyl (C=O) groups is 3. The van der Waals surface area contributed by atoms with E-state index in [1.165, 1.54) is 0 Å². The average Bonchev–Trinajstić information content (AvgIpc) is 2.76. The number of fused-ring (bicyclic) bond motifs is 1. The molecule has 1 aromatic carbocycles. The number of hydrogen-bond donors (Lipinski definition) is 4. The van der Waals surface area contributed by atoms with Crippen molar-refractivity contribution in [1.29, 1.82) is 0 Å². The predicted molar refractivity (Wildman–Crippen MR) is 76.8 cm³/mol. The normalized spacial score (nSPS) is 12.9. The fourth-order valence-electron chi connectivity index (χ4n) is 2.44. The second-order valence-electron chi connectivity index (χ2n) is 4.90. The van der Waals surface area contributed by atoms with Crippen LogP contribution in [0, 0.1) is 5.82 Å². The first kappa shape index (κ1) is 15.2. The number of nitrogen functional groups attached to an aromatic ring is 1.